The summed E-state index contributed by atoms with van der Waals surface area (Å²) in [5.74, 6) is -0.929. The molecule has 11 nitrogen and oxygen atoms in total. The van der Waals surface area contributed by atoms with Crippen LogP contribution in [0.1, 0.15) is 79.1 Å². The average molecular weight is 819 g/mol. The summed E-state index contributed by atoms with van der Waals surface area (Å²) < 4.78 is 17.1. The van der Waals surface area contributed by atoms with Gasteiger partial charge in [-0.15, -0.1) is 6.07 Å². The number of nitrogens with zero attached hydrogens (tertiary/aromatic N) is 3. The number of allylic oxidation sites excluding steroid dienone is 2. The number of benzene rings is 1. The fraction of sp³-hybridized carbons (Fsp3) is 0.571. The number of aromatic nitrogens is 2. The van der Waals surface area contributed by atoms with Gasteiger partial charge in [-0.3, -0.25) is 14.4 Å². The van der Waals surface area contributed by atoms with Crippen LogP contribution in [0.2, 0.25) is 0 Å². The van der Waals surface area contributed by atoms with Crippen LogP contribution in [0.4, 0.5) is 4.79 Å². The van der Waals surface area contributed by atoms with Gasteiger partial charge in [-0.2, -0.15) is 0 Å². The number of para-hydroxylation sites is 2. The molecule has 1 N–H and O–H groups in total. The van der Waals surface area contributed by atoms with Crippen molar-refractivity contribution in [1.29, 1.82) is 0 Å². The fourth-order valence-electron chi connectivity index (χ4n) is 6.29. The van der Waals surface area contributed by atoms with Crippen LogP contribution >= 0.6 is 0 Å². The van der Waals surface area contributed by atoms with Gasteiger partial charge in [-0.1, -0.05) is 54.9 Å². The van der Waals surface area contributed by atoms with Crippen molar-refractivity contribution in [2.24, 2.45) is 11.3 Å². The van der Waals surface area contributed by atoms with E-state index in [2.05, 4.69) is 27.6 Å². The number of carbonyl (C=O) groups excluding carboxylic acids is 4. The van der Waals surface area contributed by atoms with Gasteiger partial charge in [0.25, 0.3) is 0 Å². The van der Waals surface area contributed by atoms with Crippen LogP contribution in [-0.2, 0) is 44.9 Å². The van der Waals surface area contributed by atoms with Crippen LogP contribution in [0.15, 0.2) is 36.4 Å². The molecule has 12 heteroatoms. The molecule has 3 heterocycles. The van der Waals surface area contributed by atoms with Crippen LogP contribution in [0.3, 0.4) is 0 Å². The van der Waals surface area contributed by atoms with Gasteiger partial charge >= 0.3 is 33.1 Å². The Bertz CT molecular complexity index is 1460. The van der Waals surface area contributed by atoms with Crippen molar-refractivity contribution in [1.82, 2.24) is 20.2 Å². The molecule has 1 unspecified atom stereocenters. The van der Waals surface area contributed by atoms with Crippen molar-refractivity contribution in [3.8, 4) is 5.88 Å². The predicted molar refractivity (Wildman–Crippen MR) is 172 cm³/mol. The second-order valence-corrected chi connectivity index (χ2v) is 13.2. The fourth-order valence-corrected chi connectivity index (χ4v) is 6.29. The number of hydrogen-bond acceptors (Lipinski definition) is 9. The molecule has 1 aromatic carbocycles. The Morgan fingerprint density at radius 1 is 1.13 bits per heavy atom. The summed E-state index contributed by atoms with van der Waals surface area (Å²) in [6, 6.07) is 5.59. The molecule has 47 heavy (non-hydrogen) atoms. The zero-order valence-electron chi connectivity index (χ0n) is 28.0. The third-order valence-electron chi connectivity index (χ3n) is 8.60. The van der Waals surface area contributed by atoms with Crippen molar-refractivity contribution in [2.45, 2.75) is 103 Å². The summed E-state index contributed by atoms with van der Waals surface area (Å²) in [6.45, 7) is 7.34. The number of rotatable bonds is 5. The van der Waals surface area contributed by atoms with Gasteiger partial charge in [0.1, 0.15) is 23.6 Å². The van der Waals surface area contributed by atoms with E-state index in [4.69, 9.17) is 14.2 Å². The van der Waals surface area contributed by atoms with Crippen LogP contribution in [0, 0.1) is 25.0 Å². The van der Waals surface area contributed by atoms with Crippen LogP contribution < -0.4 is 10.1 Å². The van der Waals surface area contributed by atoms with Crippen molar-refractivity contribution in [3.63, 3.8) is 0 Å². The second-order valence-electron chi connectivity index (χ2n) is 13.2. The standard InChI is InChI=1S/C34H43N4O7.CH3.W/c1-5-43-31(41)34-18-22(34)13-9-7-6-8-10-16-26(37-32(42)45-33(2,3)4)30(40)38-21-23(17-27(38)28(39)19-34)44-29-20-35-24-14-11-12-15-25(24)36-29;;/h9,11-15,22-23,26-27H,5-8,10,16-19,21H2,1-4H3,(H,37,42);1H3;/q2*-1;+2/b13-9-;;/t22-,23?,26+,27+,34-;;/m1../s1. The zero-order chi connectivity index (χ0) is 32.2. The number of nitrogens with one attached hydrogen (secondary N) is 1. The number of carbonyl (C=O) groups is 4. The molecule has 0 spiro atoms. The van der Waals surface area contributed by atoms with Crippen LogP contribution in [0.5, 0.6) is 5.88 Å². The third-order valence-corrected chi connectivity index (χ3v) is 8.60. The smallest absolute Gasteiger partial charge is 0.488 e. The Balaban J connectivity index is 0.00000300. The monoisotopic (exact) mass is 818 g/mol. The summed E-state index contributed by atoms with van der Waals surface area (Å²) in [6.07, 6.45) is 9.99. The van der Waals surface area contributed by atoms with E-state index in [0.29, 0.717) is 30.3 Å². The maximum Gasteiger partial charge on any atom is 2.00 e. The van der Waals surface area contributed by atoms with Gasteiger partial charge in [0.15, 0.2) is 5.78 Å². The average Bonchev–Trinajstić information content (AvgIpc) is 3.51. The minimum absolute atomic E-state index is 0. The number of esters is 1. The second kappa shape index (κ2) is 16.2. The Labute approximate surface area is 291 Å². The van der Waals surface area contributed by atoms with E-state index in [1.165, 1.54) is 4.90 Å². The topological polar surface area (TPSA) is 137 Å². The van der Waals surface area contributed by atoms with Gasteiger partial charge in [-0.25, -0.2) is 9.78 Å². The molecule has 1 aliphatic carbocycles. The van der Waals surface area contributed by atoms with Gasteiger partial charge in [-0.05, 0) is 59.3 Å². The number of amides is 2. The summed E-state index contributed by atoms with van der Waals surface area (Å²) in [4.78, 5) is 64.6. The first-order valence-electron chi connectivity index (χ1n) is 16.0. The minimum atomic E-state index is -0.941. The predicted octanol–water partition coefficient (Wildman–Crippen LogP) is 5.17. The van der Waals surface area contributed by atoms with Crippen molar-refractivity contribution < 1.29 is 54.5 Å². The molecule has 2 aromatic rings. The molecule has 2 fully saturated rings. The van der Waals surface area contributed by atoms with E-state index in [1.807, 2.05) is 30.3 Å². The van der Waals surface area contributed by atoms with E-state index in [9.17, 15) is 19.2 Å². The maximum absolute atomic E-state index is 14.2. The van der Waals surface area contributed by atoms with Gasteiger partial charge < -0.3 is 36.8 Å². The summed E-state index contributed by atoms with van der Waals surface area (Å²) in [5.41, 5.74) is -0.382. The number of hydrogen-bond donors (Lipinski definition) is 1. The molecule has 3 aliphatic rings. The molecule has 1 saturated carbocycles. The zero-order valence-corrected chi connectivity index (χ0v) is 30.9. The Morgan fingerprint density at radius 3 is 2.60 bits per heavy atom. The Hall–Kier alpha value is -3.33. The molecule has 5 rings (SSSR count). The normalized spacial score (nSPS) is 27.0. The van der Waals surface area contributed by atoms with E-state index in [-0.39, 0.29) is 83.9 Å². The molecule has 0 bridgehead atoms. The van der Waals surface area contributed by atoms with Gasteiger partial charge in [0.05, 0.1) is 24.6 Å². The largest absolute Gasteiger partial charge is 2.00 e. The van der Waals surface area contributed by atoms with Crippen molar-refractivity contribution >= 4 is 34.8 Å². The molecular weight excluding hydrogens is 772 g/mol. The first kappa shape index (κ1) is 38.1. The first-order chi connectivity index (χ1) is 21.5. The Kier molecular flexibility index (Phi) is 13.1. The molecular formula is C35H46N4O7W. The molecule has 254 valence electrons. The molecule has 2 amide bonds. The summed E-state index contributed by atoms with van der Waals surface area (Å²) >= 11 is 0. The first-order valence-corrected chi connectivity index (χ1v) is 16.0. The van der Waals surface area contributed by atoms with Crippen LogP contribution in [0.25, 0.3) is 11.0 Å². The maximum atomic E-state index is 14.2. The third kappa shape index (κ3) is 9.40. The Morgan fingerprint density at radius 2 is 1.87 bits per heavy atom. The quantitative estimate of drug-likeness (QED) is 0.246. The van der Waals surface area contributed by atoms with E-state index in [1.54, 1.807) is 27.7 Å². The summed E-state index contributed by atoms with van der Waals surface area (Å²) in [7, 11) is 0. The number of Topliss-reactive ketones (excluding diaryl/α,β-unsaturated/α-hetero) is 1. The number of alkyl carbamates (subject to hydrolysis) is 1. The van der Waals surface area contributed by atoms with Gasteiger partial charge in [0, 0.05) is 18.4 Å². The van der Waals surface area contributed by atoms with E-state index < -0.39 is 35.3 Å². The molecule has 0 radical (unpaired) electrons. The molecule has 1 saturated heterocycles. The molecule has 5 atom stereocenters. The summed E-state index contributed by atoms with van der Waals surface area (Å²) in [5, 5.41) is 2.77. The van der Waals surface area contributed by atoms with Crippen molar-refractivity contribution in [3.05, 3.63) is 50.0 Å². The minimum Gasteiger partial charge on any atom is -0.488 e. The van der Waals surface area contributed by atoms with Gasteiger partial charge in [0.2, 0.25) is 5.91 Å². The van der Waals surface area contributed by atoms with E-state index in [0.717, 1.165) is 19.3 Å². The SMILES string of the molecule is CCOC(=O)[C@]12CC(=O)[C@@H]3CC(Oc4[c-]nc5ccccc5n4)CN3C(=O)[C@@H](NC(=O)OC(C)(C)C)CCCCC/C=C\[C@@H]1C2.[CH3-].[W+2]. The van der Waals surface area contributed by atoms with E-state index >= 15 is 0 Å². The number of fused-ring (bicyclic) bond motifs is 3. The number of ketones is 1. The molecule has 2 aliphatic heterocycles. The molecule has 1 aromatic heterocycles. The van der Waals surface area contributed by atoms with Crippen LogP contribution in [-0.4, -0.2) is 75.6 Å². The van der Waals surface area contributed by atoms with Crippen molar-refractivity contribution in [2.75, 3.05) is 13.2 Å². The number of ether oxygens (including phenoxy) is 3.